The summed E-state index contributed by atoms with van der Waals surface area (Å²) in [6.45, 7) is 0. The summed E-state index contributed by atoms with van der Waals surface area (Å²) < 4.78 is 0. The lowest BCUT2D eigenvalue weighted by Crippen LogP contribution is -2.00. The summed E-state index contributed by atoms with van der Waals surface area (Å²) in [4.78, 5) is 24.4. The van der Waals surface area contributed by atoms with E-state index in [-0.39, 0.29) is 0 Å². The van der Waals surface area contributed by atoms with Gasteiger partial charge in [0, 0.05) is 45.6 Å². The standard InChI is InChI=1S/C47H31N5/c1-3-12-35(13-4-1)45-50-46(36-14-5-2-6-15-36)52-47(51-45)41-30-39(32-22-24-33(25-23-32)43-21-7-8-26-48-43)29-40(31-41)37-17-9-18-38(28-37)42-20-10-16-34-19-11-27-49-44(34)42/h1-31H. The highest BCUT2D eigenvalue weighted by Gasteiger charge is 2.16. The Morgan fingerprint density at radius 3 is 1.50 bits per heavy atom. The van der Waals surface area contributed by atoms with Crippen molar-refractivity contribution >= 4 is 10.9 Å². The number of para-hydroxylation sites is 1. The van der Waals surface area contributed by atoms with Crippen molar-refractivity contribution in [3.05, 3.63) is 188 Å². The zero-order valence-electron chi connectivity index (χ0n) is 28.1. The number of nitrogens with zero attached hydrogens (tertiary/aromatic N) is 5. The first-order chi connectivity index (χ1) is 25.7. The van der Waals surface area contributed by atoms with E-state index in [4.69, 9.17) is 19.9 Å². The SMILES string of the molecule is c1ccc(-c2nc(-c3ccccc3)nc(-c3cc(-c4ccc(-c5ccccn5)cc4)cc(-c4cccc(-c5cccc6cccnc56)c4)c3)n2)cc1. The van der Waals surface area contributed by atoms with E-state index in [0.29, 0.717) is 17.5 Å². The molecule has 0 saturated heterocycles. The lowest BCUT2D eigenvalue weighted by atomic mass is 9.93. The van der Waals surface area contributed by atoms with E-state index < -0.39 is 0 Å². The summed E-state index contributed by atoms with van der Waals surface area (Å²) in [5.74, 6) is 1.86. The number of fused-ring (bicyclic) bond motifs is 1. The molecule has 5 nitrogen and oxygen atoms in total. The largest absolute Gasteiger partial charge is 0.256 e. The Morgan fingerprint density at radius 1 is 0.288 bits per heavy atom. The molecule has 52 heavy (non-hydrogen) atoms. The molecule has 0 atom stereocenters. The topological polar surface area (TPSA) is 64.5 Å². The molecule has 0 fully saturated rings. The molecular weight excluding hydrogens is 635 g/mol. The van der Waals surface area contributed by atoms with Gasteiger partial charge in [-0.1, -0.05) is 133 Å². The van der Waals surface area contributed by atoms with Gasteiger partial charge in [-0.15, -0.1) is 0 Å². The van der Waals surface area contributed by atoms with E-state index >= 15 is 0 Å². The van der Waals surface area contributed by atoms with E-state index in [1.807, 2.05) is 97.3 Å². The molecule has 9 aromatic rings. The molecule has 0 amide bonds. The molecule has 6 aromatic carbocycles. The van der Waals surface area contributed by atoms with Gasteiger partial charge < -0.3 is 0 Å². The van der Waals surface area contributed by atoms with Crippen molar-refractivity contribution in [2.75, 3.05) is 0 Å². The Balaban J connectivity index is 1.22. The third-order valence-electron chi connectivity index (χ3n) is 9.21. The molecule has 0 spiro atoms. The second kappa shape index (κ2) is 13.7. The molecule has 0 aliphatic rings. The maximum atomic E-state index is 5.08. The lowest BCUT2D eigenvalue weighted by Gasteiger charge is -2.14. The van der Waals surface area contributed by atoms with Crippen LogP contribution in [-0.4, -0.2) is 24.9 Å². The highest BCUT2D eigenvalue weighted by Crippen LogP contribution is 2.36. The number of pyridine rings is 2. The lowest BCUT2D eigenvalue weighted by molar-refractivity contribution is 1.07. The van der Waals surface area contributed by atoms with E-state index in [2.05, 4.69) is 96.0 Å². The van der Waals surface area contributed by atoms with Crippen LogP contribution in [0, 0.1) is 0 Å². The van der Waals surface area contributed by atoms with Crippen molar-refractivity contribution in [3.8, 4) is 78.8 Å². The normalized spacial score (nSPS) is 11.1. The van der Waals surface area contributed by atoms with Crippen molar-refractivity contribution in [2.45, 2.75) is 0 Å². The van der Waals surface area contributed by atoms with Gasteiger partial charge in [-0.05, 0) is 70.3 Å². The van der Waals surface area contributed by atoms with Gasteiger partial charge in [0.15, 0.2) is 17.5 Å². The molecule has 0 unspecified atom stereocenters. The van der Waals surface area contributed by atoms with E-state index in [1.165, 1.54) is 0 Å². The molecule has 0 aliphatic carbocycles. The molecular formula is C47H31N5. The Labute approximate surface area is 302 Å². The molecule has 5 heteroatoms. The van der Waals surface area contributed by atoms with E-state index in [0.717, 1.165) is 72.2 Å². The number of rotatable bonds is 7. The minimum atomic E-state index is 0.607. The first-order valence-corrected chi connectivity index (χ1v) is 17.2. The summed E-state index contributed by atoms with van der Waals surface area (Å²) in [5, 5.41) is 1.11. The smallest absolute Gasteiger partial charge is 0.164 e. The quantitative estimate of drug-likeness (QED) is 0.169. The van der Waals surface area contributed by atoms with Gasteiger partial charge in [-0.3, -0.25) is 9.97 Å². The van der Waals surface area contributed by atoms with Gasteiger partial charge in [0.25, 0.3) is 0 Å². The summed E-state index contributed by atoms with van der Waals surface area (Å²) in [7, 11) is 0. The average Bonchev–Trinajstić information content (AvgIpc) is 3.24. The summed E-state index contributed by atoms with van der Waals surface area (Å²) >= 11 is 0. The predicted molar refractivity (Wildman–Crippen MR) is 211 cm³/mol. The fourth-order valence-electron chi connectivity index (χ4n) is 6.60. The number of aromatic nitrogens is 5. The number of benzene rings is 6. The van der Waals surface area contributed by atoms with Crippen molar-refractivity contribution < 1.29 is 0 Å². The molecule has 0 radical (unpaired) electrons. The molecule has 0 N–H and O–H groups in total. The Morgan fingerprint density at radius 2 is 0.808 bits per heavy atom. The third-order valence-corrected chi connectivity index (χ3v) is 9.21. The fourth-order valence-corrected chi connectivity index (χ4v) is 6.60. The Kier molecular flexibility index (Phi) is 8.12. The zero-order chi connectivity index (χ0) is 34.7. The van der Waals surface area contributed by atoms with Crippen LogP contribution in [0.2, 0.25) is 0 Å². The zero-order valence-corrected chi connectivity index (χ0v) is 28.1. The van der Waals surface area contributed by atoms with Crippen LogP contribution >= 0.6 is 0 Å². The van der Waals surface area contributed by atoms with Crippen molar-refractivity contribution in [2.24, 2.45) is 0 Å². The monoisotopic (exact) mass is 665 g/mol. The Bertz CT molecular complexity index is 2600. The minimum absolute atomic E-state index is 0.607. The first kappa shape index (κ1) is 30.9. The number of hydrogen-bond donors (Lipinski definition) is 0. The van der Waals surface area contributed by atoms with Gasteiger partial charge in [-0.25, -0.2) is 15.0 Å². The highest BCUT2D eigenvalue weighted by atomic mass is 15.0. The van der Waals surface area contributed by atoms with Crippen LogP contribution in [0.3, 0.4) is 0 Å². The van der Waals surface area contributed by atoms with Gasteiger partial charge in [-0.2, -0.15) is 0 Å². The van der Waals surface area contributed by atoms with Crippen LogP contribution in [0.15, 0.2) is 188 Å². The predicted octanol–water partition coefficient (Wildman–Crippen LogP) is 11.5. The van der Waals surface area contributed by atoms with Crippen LogP contribution in [0.4, 0.5) is 0 Å². The maximum absolute atomic E-state index is 5.08. The van der Waals surface area contributed by atoms with Crippen molar-refractivity contribution in [1.29, 1.82) is 0 Å². The van der Waals surface area contributed by atoms with Gasteiger partial charge >= 0.3 is 0 Å². The van der Waals surface area contributed by atoms with Crippen molar-refractivity contribution in [3.63, 3.8) is 0 Å². The average molecular weight is 666 g/mol. The highest BCUT2D eigenvalue weighted by molar-refractivity contribution is 5.94. The molecule has 9 rings (SSSR count). The van der Waals surface area contributed by atoms with Crippen LogP contribution < -0.4 is 0 Å². The number of hydrogen-bond acceptors (Lipinski definition) is 5. The van der Waals surface area contributed by atoms with Gasteiger partial charge in [0.1, 0.15) is 0 Å². The van der Waals surface area contributed by atoms with Crippen LogP contribution in [-0.2, 0) is 0 Å². The molecule has 0 aliphatic heterocycles. The molecule has 0 saturated carbocycles. The molecule has 3 heterocycles. The maximum Gasteiger partial charge on any atom is 0.164 e. The van der Waals surface area contributed by atoms with Gasteiger partial charge in [0.05, 0.1) is 11.2 Å². The van der Waals surface area contributed by atoms with Crippen LogP contribution in [0.25, 0.3) is 89.7 Å². The second-order valence-corrected chi connectivity index (χ2v) is 12.6. The first-order valence-electron chi connectivity index (χ1n) is 17.2. The molecule has 3 aromatic heterocycles. The third kappa shape index (κ3) is 6.23. The summed E-state index contributed by atoms with van der Waals surface area (Å²) in [6.07, 6.45) is 3.68. The molecule has 244 valence electrons. The Hall–Kier alpha value is -7.11. The van der Waals surface area contributed by atoms with Gasteiger partial charge in [0.2, 0.25) is 0 Å². The fraction of sp³-hybridized carbons (Fsp3) is 0. The van der Waals surface area contributed by atoms with Crippen LogP contribution in [0.1, 0.15) is 0 Å². The summed E-state index contributed by atoms with van der Waals surface area (Å²) in [5.41, 5.74) is 12.2. The van der Waals surface area contributed by atoms with E-state index in [1.54, 1.807) is 0 Å². The minimum Gasteiger partial charge on any atom is -0.256 e. The van der Waals surface area contributed by atoms with Crippen LogP contribution in [0.5, 0.6) is 0 Å². The van der Waals surface area contributed by atoms with E-state index in [9.17, 15) is 0 Å². The molecule has 0 bridgehead atoms. The summed E-state index contributed by atoms with van der Waals surface area (Å²) in [6, 6.07) is 60.4. The van der Waals surface area contributed by atoms with Crippen molar-refractivity contribution in [1.82, 2.24) is 24.9 Å². The second-order valence-electron chi connectivity index (χ2n) is 12.6.